The van der Waals surface area contributed by atoms with Crippen molar-refractivity contribution in [1.82, 2.24) is 0 Å². The molecule has 110 valence electrons. The van der Waals surface area contributed by atoms with Crippen LogP contribution in [0, 0.1) is 0 Å². The third-order valence-corrected chi connectivity index (χ3v) is 4.29. The Morgan fingerprint density at radius 1 is 0.850 bits per heavy atom. The van der Waals surface area contributed by atoms with Gasteiger partial charge < -0.3 is 30.3 Å². The molecule has 0 fully saturated rings. The van der Waals surface area contributed by atoms with Gasteiger partial charge >= 0.3 is 0 Å². The number of hydrogen-bond donors (Lipinski definition) is 0. The van der Waals surface area contributed by atoms with Crippen LogP contribution in [0.15, 0.2) is 81.7 Å². The van der Waals surface area contributed by atoms with Crippen molar-refractivity contribution in [1.29, 1.82) is 0 Å². The summed E-state index contributed by atoms with van der Waals surface area (Å²) in [5.41, 5.74) is 2.65. The second-order valence-electron chi connectivity index (χ2n) is 4.13. The van der Waals surface area contributed by atoms with E-state index in [9.17, 15) is 0 Å². The average Bonchev–Trinajstić information content (AvgIpc) is 3.08. The first kappa shape index (κ1) is 17.5. The Bertz CT molecular complexity index is 580. The van der Waals surface area contributed by atoms with Crippen LogP contribution in [0.4, 0.5) is 0 Å². The first-order valence-corrected chi connectivity index (χ1v) is 7.66. The molecule has 0 unspecified atom stereocenters. The van der Waals surface area contributed by atoms with Gasteiger partial charge in [0.25, 0.3) is 0 Å². The van der Waals surface area contributed by atoms with Gasteiger partial charge in [0.15, 0.2) is 0 Å². The van der Waals surface area contributed by atoms with Crippen LogP contribution in [-0.2, 0) is 23.5 Å². The van der Waals surface area contributed by atoms with Crippen molar-refractivity contribution in [2.45, 2.75) is 6.42 Å². The molecule has 0 aliphatic rings. The second kappa shape index (κ2) is 9.36. The zero-order valence-corrected chi connectivity index (χ0v) is 15.0. The fraction of sp³-hybridized carbons (Fsp3) is 0.0588. The first-order valence-electron chi connectivity index (χ1n) is 6.07. The summed E-state index contributed by atoms with van der Waals surface area (Å²) in [4.78, 5) is 0. The van der Waals surface area contributed by atoms with E-state index in [1.165, 1.54) is 20.1 Å². The molecule has 0 saturated heterocycles. The van der Waals surface area contributed by atoms with E-state index in [1.54, 1.807) is 0 Å². The van der Waals surface area contributed by atoms with E-state index >= 15 is 0 Å². The zero-order chi connectivity index (χ0) is 13.5. The van der Waals surface area contributed by atoms with Crippen molar-refractivity contribution < 1.29 is 17.1 Å². The van der Waals surface area contributed by atoms with Crippen molar-refractivity contribution in [2.75, 3.05) is 0 Å². The molecule has 0 atom stereocenters. The normalized spacial score (nSPS) is 9.30. The Kier molecular flexibility index (Phi) is 8.16. The fourth-order valence-electron chi connectivity index (χ4n) is 1.75. The molecule has 0 nitrogen and oxygen atoms in total. The van der Waals surface area contributed by atoms with E-state index in [-0.39, 0.29) is 17.1 Å². The van der Waals surface area contributed by atoms with Gasteiger partial charge in [-0.3, -0.25) is 0 Å². The maximum absolute atomic E-state index is 3.55. The first-order chi connectivity index (χ1) is 9.27. The van der Waals surface area contributed by atoms with Gasteiger partial charge in [-0.2, -0.15) is 12.1 Å². The van der Waals surface area contributed by atoms with Crippen LogP contribution in [0.2, 0.25) is 0 Å². The van der Waals surface area contributed by atoms with Gasteiger partial charge in [-0.25, -0.2) is 6.07 Å². The minimum Gasteiger partial charge on any atom is -0.748 e. The molecule has 0 saturated carbocycles. The fourth-order valence-corrected chi connectivity index (χ4v) is 2.60. The van der Waals surface area contributed by atoms with Gasteiger partial charge in [-0.05, 0) is 18.1 Å². The topological polar surface area (TPSA) is 0 Å². The summed E-state index contributed by atoms with van der Waals surface area (Å²) in [5, 5.41) is 0. The van der Waals surface area contributed by atoms with Crippen LogP contribution in [0.25, 0.3) is 0 Å². The number of halogens is 2. The summed E-state index contributed by atoms with van der Waals surface area (Å²) in [6.45, 7) is 0. The maximum atomic E-state index is 3.55. The van der Waals surface area contributed by atoms with Crippen LogP contribution in [0.5, 0.6) is 0 Å². The van der Waals surface area contributed by atoms with Crippen LogP contribution in [0.3, 0.4) is 0 Å². The number of benzene rings is 1. The molecule has 3 aromatic rings. The van der Waals surface area contributed by atoms with Gasteiger partial charge in [0.05, 0.1) is 0 Å². The van der Waals surface area contributed by atoms with E-state index in [2.05, 4.69) is 68.3 Å². The average molecular weight is 434 g/mol. The molecule has 20 heavy (non-hydrogen) atoms. The third kappa shape index (κ3) is 5.41. The predicted molar refractivity (Wildman–Crippen MR) is 88.7 cm³/mol. The molecule has 0 radical (unpaired) electrons. The van der Waals surface area contributed by atoms with Crippen molar-refractivity contribution in [2.24, 2.45) is 0 Å². The maximum Gasteiger partial charge on any atom is 0.0200 e. The Morgan fingerprint density at radius 3 is 1.95 bits per heavy atom. The van der Waals surface area contributed by atoms with Crippen molar-refractivity contribution in [3.63, 3.8) is 0 Å². The molecular weight excluding hydrogens is 420 g/mol. The van der Waals surface area contributed by atoms with E-state index in [0.717, 1.165) is 6.42 Å². The molecule has 3 aromatic carbocycles. The SMILES string of the molecule is Brc1ccccc1C[c-]1cccc1Br.[Fe].[cH-]1[cH-][cH-][cH-][cH-]1. The molecule has 3 rings (SSSR count). The standard InChI is InChI=1S/C12H9Br2.C5H5.Fe/c13-11-6-2-1-4-9(11)8-10-5-3-7-12(10)14;1-2-4-5-3-1;/h1-7H,8H2;1-5H;/q-1;-5;. The molecule has 0 spiro atoms. The van der Waals surface area contributed by atoms with Gasteiger partial charge in [0.2, 0.25) is 0 Å². The number of hydrogen-bond acceptors (Lipinski definition) is 0. The molecular formula is C17H14Br2Fe-6. The summed E-state index contributed by atoms with van der Waals surface area (Å²) >= 11 is 7.08. The van der Waals surface area contributed by atoms with Crippen LogP contribution in [-0.4, -0.2) is 0 Å². The van der Waals surface area contributed by atoms with Crippen molar-refractivity contribution in [3.8, 4) is 0 Å². The van der Waals surface area contributed by atoms with Crippen LogP contribution >= 0.6 is 31.9 Å². The Morgan fingerprint density at radius 2 is 1.45 bits per heavy atom. The van der Waals surface area contributed by atoms with Crippen molar-refractivity contribution in [3.05, 3.63) is 92.9 Å². The monoisotopic (exact) mass is 432 g/mol. The van der Waals surface area contributed by atoms with Crippen molar-refractivity contribution >= 4 is 31.9 Å². The molecule has 0 aliphatic heterocycles. The summed E-state index contributed by atoms with van der Waals surface area (Å²) < 4.78 is 2.36. The Balaban J connectivity index is 0.000000283. The smallest absolute Gasteiger partial charge is 0.0200 e. The molecule has 0 bridgehead atoms. The van der Waals surface area contributed by atoms with E-state index in [4.69, 9.17) is 0 Å². The molecule has 0 aliphatic carbocycles. The largest absolute Gasteiger partial charge is 0.748 e. The number of rotatable bonds is 2. The Hall–Kier alpha value is -0.601. The molecule has 0 aromatic heterocycles. The molecule has 3 heteroatoms. The summed E-state index contributed by atoms with van der Waals surface area (Å²) in [5.74, 6) is 0. The van der Waals surface area contributed by atoms with Gasteiger partial charge in [-0.1, -0.05) is 54.5 Å². The van der Waals surface area contributed by atoms with Crippen LogP contribution in [0.1, 0.15) is 11.1 Å². The predicted octanol–water partition coefficient (Wildman–Crippen LogP) is 5.92. The minimum absolute atomic E-state index is 0. The van der Waals surface area contributed by atoms with Crippen LogP contribution < -0.4 is 0 Å². The third-order valence-electron chi connectivity index (χ3n) is 2.74. The summed E-state index contributed by atoms with van der Waals surface area (Å²) in [6.07, 6.45) is 0.967. The Labute approximate surface area is 147 Å². The van der Waals surface area contributed by atoms with Gasteiger partial charge in [0.1, 0.15) is 0 Å². The zero-order valence-electron chi connectivity index (χ0n) is 10.7. The molecule has 0 heterocycles. The minimum atomic E-state index is 0. The summed E-state index contributed by atoms with van der Waals surface area (Å²) in [7, 11) is 0. The summed E-state index contributed by atoms with van der Waals surface area (Å²) in [6, 6.07) is 24.6. The van der Waals surface area contributed by atoms with E-state index in [1.807, 2.05) is 36.4 Å². The quantitative estimate of drug-likeness (QED) is 0.347. The van der Waals surface area contributed by atoms with E-state index in [0.29, 0.717) is 0 Å². The molecule has 0 amide bonds. The second-order valence-corrected chi connectivity index (χ2v) is 5.84. The molecule has 0 N–H and O–H groups in total. The van der Waals surface area contributed by atoms with Gasteiger partial charge in [0, 0.05) is 21.5 Å². The van der Waals surface area contributed by atoms with Gasteiger partial charge in [-0.15, -0.1) is 5.56 Å². The van der Waals surface area contributed by atoms with E-state index < -0.39 is 0 Å².